The molecule has 4 rings (SSSR count). The first-order valence-electron chi connectivity index (χ1n) is 10.7. The van der Waals surface area contributed by atoms with E-state index in [2.05, 4.69) is 0 Å². The minimum atomic E-state index is -4.77. The highest BCUT2D eigenvalue weighted by Crippen LogP contribution is 2.41. The average molecular weight is 493 g/mol. The van der Waals surface area contributed by atoms with Gasteiger partial charge in [-0.3, -0.25) is 9.59 Å². The zero-order valence-corrected chi connectivity index (χ0v) is 18.8. The second-order valence-corrected chi connectivity index (χ2v) is 11.1. The molecular weight excluding hydrogens is 469 g/mol. The average Bonchev–Trinajstić information content (AvgIpc) is 2.72. The van der Waals surface area contributed by atoms with Crippen LogP contribution in [0.2, 0.25) is 5.02 Å². The van der Waals surface area contributed by atoms with Crippen molar-refractivity contribution in [3.05, 3.63) is 28.8 Å². The van der Waals surface area contributed by atoms with Gasteiger partial charge in [0.2, 0.25) is 15.9 Å². The fourth-order valence-electron chi connectivity index (χ4n) is 5.12. The van der Waals surface area contributed by atoms with Crippen molar-refractivity contribution in [1.29, 1.82) is 0 Å². The molecule has 2 bridgehead atoms. The topological polar surface area (TPSA) is 74.8 Å². The van der Waals surface area contributed by atoms with Crippen LogP contribution in [-0.4, -0.2) is 55.5 Å². The number of carbonyl (C=O) groups excluding carboxylic acids is 2. The van der Waals surface area contributed by atoms with Gasteiger partial charge in [-0.2, -0.15) is 17.5 Å². The van der Waals surface area contributed by atoms with Gasteiger partial charge in [0.15, 0.2) is 0 Å². The summed E-state index contributed by atoms with van der Waals surface area (Å²) < 4.78 is 66.3. The predicted octanol–water partition coefficient (Wildman–Crippen LogP) is 3.59. The van der Waals surface area contributed by atoms with E-state index in [1.165, 1.54) is 0 Å². The van der Waals surface area contributed by atoms with Gasteiger partial charge in [-0.1, -0.05) is 18.0 Å². The van der Waals surface area contributed by atoms with Crippen molar-refractivity contribution >= 4 is 33.3 Å². The molecule has 1 saturated heterocycles. The molecule has 3 fully saturated rings. The van der Waals surface area contributed by atoms with Gasteiger partial charge in [-0.05, 0) is 43.9 Å². The summed E-state index contributed by atoms with van der Waals surface area (Å²) in [5.74, 6) is -0.108. The molecule has 0 aromatic heterocycles. The summed E-state index contributed by atoms with van der Waals surface area (Å²) in [6.45, 7) is 0.322. The Labute approximate surface area is 189 Å². The van der Waals surface area contributed by atoms with Gasteiger partial charge in [0.25, 0.3) is 0 Å². The van der Waals surface area contributed by atoms with Gasteiger partial charge < -0.3 is 4.90 Å². The third-order valence-electron chi connectivity index (χ3n) is 6.83. The number of amides is 1. The molecule has 1 aliphatic heterocycles. The van der Waals surface area contributed by atoms with Crippen molar-refractivity contribution in [3.63, 3.8) is 0 Å². The van der Waals surface area contributed by atoms with E-state index in [-0.39, 0.29) is 55.6 Å². The molecule has 2 atom stereocenters. The molecule has 0 radical (unpaired) electrons. The summed E-state index contributed by atoms with van der Waals surface area (Å²) in [5, 5.41) is -0.567. The number of piperazine rings is 1. The number of hydrogen-bond donors (Lipinski definition) is 0. The zero-order chi connectivity index (χ0) is 23.3. The van der Waals surface area contributed by atoms with Crippen LogP contribution < -0.4 is 0 Å². The van der Waals surface area contributed by atoms with Gasteiger partial charge in [0.05, 0.1) is 15.5 Å². The maximum atomic E-state index is 13.1. The first kappa shape index (κ1) is 23.5. The number of halogens is 4. The normalized spacial score (nSPS) is 27.4. The van der Waals surface area contributed by atoms with Crippen LogP contribution in [0.1, 0.15) is 37.7 Å². The minimum Gasteiger partial charge on any atom is -0.340 e. The van der Waals surface area contributed by atoms with Crippen LogP contribution in [0.5, 0.6) is 0 Å². The number of sulfonamides is 1. The highest BCUT2D eigenvalue weighted by Gasteiger charge is 2.43. The number of carbonyl (C=O) groups is 2. The molecule has 3 aliphatic rings. The van der Waals surface area contributed by atoms with Crippen LogP contribution in [0.3, 0.4) is 0 Å². The summed E-state index contributed by atoms with van der Waals surface area (Å²) in [7, 11) is -4.16. The molecule has 6 nitrogen and oxygen atoms in total. The lowest BCUT2D eigenvalue weighted by Gasteiger charge is -2.40. The van der Waals surface area contributed by atoms with Crippen LogP contribution in [0.15, 0.2) is 23.1 Å². The molecule has 0 unspecified atom stereocenters. The van der Waals surface area contributed by atoms with Gasteiger partial charge in [-0.25, -0.2) is 8.42 Å². The first-order valence-corrected chi connectivity index (χ1v) is 12.5. The van der Waals surface area contributed by atoms with E-state index in [1.54, 1.807) is 4.90 Å². The third kappa shape index (κ3) is 4.41. The van der Waals surface area contributed by atoms with Gasteiger partial charge in [0, 0.05) is 43.9 Å². The Morgan fingerprint density at radius 3 is 2.19 bits per heavy atom. The smallest absolute Gasteiger partial charge is 0.340 e. The standard InChI is InChI=1S/C21H24ClF3N2O4S/c22-18-5-4-16(12-17(18)21(23,24)25)32(30,31)27-8-6-26(7-9-27)20(29)15-10-13-2-1-3-14(11-15)19(13)28/h4-5,12-15H,1-3,6-11H2/t13-,14-/m0/s1. The van der Waals surface area contributed by atoms with Gasteiger partial charge in [0.1, 0.15) is 5.78 Å². The molecular formula is C21H24ClF3N2O4S. The zero-order valence-electron chi connectivity index (χ0n) is 17.3. The molecule has 32 heavy (non-hydrogen) atoms. The van der Waals surface area contributed by atoms with Crippen molar-refractivity contribution in [2.45, 2.75) is 43.2 Å². The molecule has 1 amide bonds. The van der Waals surface area contributed by atoms with Crippen LogP contribution >= 0.6 is 11.6 Å². The Balaban J connectivity index is 1.42. The summed E-state index contributed by atoms with van der Waals surface area (Å²) in [6.07, 6.45) is -1.000. The molecule has 2 aliphatic carbocycles. The van der Waals surface area contributed by atoms with Crippen LogP contribution in [0.25, 0.3) is 0 Å². The quantitative estimate of drug-likeness (QED) is 0.646. The number of alkyl halides is 3. The highest BCUT2D eigenvalue weighted by atomic mass is 35.5. The molecule has 176 valence electrons. The molecule has 0 spiro atoms. The van der Waals surface area contributed by atoms with Gasteiger partial charge >= 0.3 is 6.18 Å². The Hall–Kier alpha value is -1.65. The summed E-state index contributed by atoms with van der Waals surface area (Å²) >= 11 is 5.59. The van der Waals surface area contributed by atoms with Crippen molar-refractivity contribution in [2.75, 3.05) is 26.2 Å². The number of fused-ring (bicyclic) bond motifs is 2. The maximum Gasteiger partial charge on any atom is 0.417 e. The number of Topliss-reactive ketones (excluding diaryl/α,β-unsaturated/α-hetero) is 1. The van der Waals surface area contributed by atoms with E-state index < -0.39 is 31.7 Å². The third-order valence-corrected chi connectivity index (χ3v) is 9.05. The molecule has 0 N–H and O–H groups in total. The Morgan fingerprint density at radius 1 is 1.03 bits per heavy atom. The molecule has 11 heteroatoms. The predicted molar refractivity (Wildman–Crippen MR) is 110 cm³/mol. The molecule has 1 heterocycles. The number of nitrogens with zero attached hydrogens (tertiary/aromatic N) is 2. The Bertz CT molecular complexity index is 1010. The highest BCUT2D eigenvalue weighted by molar-refractivity contribution is 7.89. The van der Waals surface area contributed by atoms with E-state index in [1.807, 2.05) is 0 Å². The Morgan fingerprint density at radius 2 is 1.62 bits per heavy atom. The lowest BCUT2D eigenvalue weighted by atomic mass is 9.67. The fourth-order valence-corrected chi connectivity index (χ4v) is 6.79. The van der Waals surface area contributed by atoms with Crippen LogP contribution in [0.4, 0.5) is 13.2 Å². The van der Waals surface area contributed by atoms with Crippen molar-refractivity contribution in [2.24, 2.45) is 17.8 Å². The lowest BCUT2D eigenvalue weighted by molar-refractivity contribution is -0.144. The second-order valence-electron chi connectivity index (χ2n) is 8.76. The molecule has 1 aromatic carbocycles. The second kappa shape index (κ2) is 8.61. The van der Waals surface area contributed by atoms with Crippen molar-refractivity contribution in [3.8, 4) is 0 Å². The number of hydrogen-bond acceptors (Lipinski definition) is 4. The SMILES string of the molecule is O=C1[C@H]2CCC[C@H]1CC(C(=O)N1CCN(S(=O)(=O)c3ccc(Cl)c(C(F)(F)F)c3)CC1)C2. The largest absolute Gasteiger partial charge is 0.417 e. The van der Waals surface area contributed by atoms with E-state index in [4.69, 9.17) is 11.6 Å². The number of rotatable bonds is 3. The lowest BCUT2D eigenvalue weighted by Crippen LogP contribution is -2.53. The summed E-state index contributed by atoms with van der Waals surface area (Å²) in [4.78, 5) is 26.4. The molecule has 2 saturated carbocycles. The summed E-state index contributed by atoms with van der Waals surface area (Å²) in [5.41, 5.74) is -1.20. The Kier molecular flexibility index (Phi) is 6.32. The minimum absolute atomic E-state index is 0.00341. The molecule has 1 aromatic rings. The van der Waals surface area contributed by atoms with Crippen LogP contribution in [0, 0.1) is 17.8 Å². The fraction of sp³-hybridized carbons (Fsp3) is 0.619. The van der Waals surface area contributed by atoms with E-state index in [0.29, 0.717) is 18.9 Å². The van der Waals surface area contributed by atoms with E-state index >= 15 is 0 Å². The maximum absolute atomic E-state index is 13.1. The van der Waals surface area contributed by atoms with E-state index in [9.17, 15) is 31.2 Å². The van der Waals surface area contributed by atoms with Crippen molar-refractivity contribution < 1.29 is 31.2 Å². The summed E-state index contributed by atoms with van der Waals surface area (Å²) in [6, 6.07) is 2.54. The van der Waals surface area contributed by atoms with Crippen molar-refractivity contribution in [1.82, 2.24) is 9.21 Å². The first-order chi connectivity index (χ1) is 15.0. The number of benzene rings is 1. The van der Waals surface area contributed by atoms with Crippen LogP contribution in [-0.2, 0) is 25.8 Å². The van der Waals surface area contributed by atoms with E-state index in [0.717, 1.165) is 35.7 Å². The number of ketones is 1. The van der Waals surface area contributed by atoms with Gasteiger partial charge in [-0.15, -0.1) is 0 Å². The monoisotopic (exact) mass is 492 g/mol.